The van der Waals surface area contributed by atoms with Crippen LogP contribution in [0.25, 0.3) is 0 Å². The molecule has 0 fully saturated rings. The Morgan fingerprint density at radius 2 is 1.87 bits per heavy atom. The highest BCUT2D eigenvalue weighted by molar-refractivity contribution is 6.36. The largest absolute Gasteiger partial charge is 0.481 e. The lowest BCUT2D eigenvalue weighted by Crippen LogP contribution is -2.30. The van der Waals surface area contributed by atoms with Gasteiger partial charge in [0.15, 0.2) is 11.9 Å². The molecule has 0 spiro atoms. The molecule has 0 unspecified atom stereocenters. The van der Waals surface area contributed by atoms with E-state index in [0.29, 0.717) is 27.0 Å². The summed E-state index contributed by atoms with van der Waals surface area (Å²) in [7, 11) is 0. The number of carbonyl (C=O) groups excluding carboxylic acids is 2. The standard InChI is InChI=1S/C17H15Cl2NO3/c1-10(21)12-4-3-5-14(8-12)23-11(2)17(22)20-16-7-6-13(18)9-15(16)19/h3-9,11H,1-2H3,(H,20,22)/t11-/m0/s1. The fraction of sp³-hybridized carbons (Fsp3) is 0.176. The van der Waals surface area contributed by atoms with Gasteiger partial charge in [-0.25, -0.2) is 0 Å². The predicted molar refractivity (Wildman–Crippen MR) is 91.6 cm³/mol. The Balaban J connectivity index is 2.05. The van der Waals surface area contributed by atoms with Crippen LogP contribution in [0.3, 0.4) is 0 Å². The lowest BCUT2D eigenvalue weighted by molar-refractivity contribution is -0.122. The first-order valence-corrected chi connectivity index (χ1v) is 7.66. The highest BCUT2D eigenvalue weighted by Gasteiger charge is 2.16. The van der Waals surface area contributed by atoms with E-state index in [4.69, 9.17) is 27.9 Å². The van der Waals surface area contributed by atoms with Gasteiger partial charge in [-0.3, -0.25) is 9.59 Å². The van der Waals surface area contributed by atoms with Gasteiger partial charge in [0.25, 0.3) is 5.91 Å². The maximum absolute atomic E-state index is 12.2. The lowest BCUT2D eigenvalue weighted by Gasteiger charge is -2.15. The molecule has 0 radical (unpaired) electrons. The molecular weight excluding hydrogens is 337 g/mol. The minimum absolute atomic E-state index is 0.0690. The number of benzene rings is 2. The van der Waals surface area contributed by atoms with E-state index in [-0.39, 0.29) is 11.7 Å². The van der Waals surface area contributed by atoms with Crippen LogP contribution in [0, 0.1) is 0 Å². The number of hydrogen-bond acceptors (Lipinski definition) is 3. The summed E-state index contributed by atoms with van der Waals surface area (Å²) in [6, 6.07) is 11.5. The minimum Gasteiger partial charge on any atom is -0.481 e. The molecule has 0 aliphatic rings. The van der Waals surface area contributed by atoms with E-state index >= 15 is 0 Å². The number of halogens is 2. The van der Waals surface area contributed by atoms with Gasteiger partial charge in [0.1, 0.15) is 5.75 Å². The van der Waals surface area contributed by atoms with Gasteiger partial charge in [-0.05, 0) is 44.2 Å². The zero-order valence-corrected chi connectivity index (χ0v) is 14.1. The van der Waals surface area contributed by atoms with Crippen LogP contribution >= 0.6 is 23.2 Å². The van der Waals surface area contributed by atoms with E-state index in [1.54, 1.807) is 49.4 Å². The number of ether oxygens (including phenoxy) is 1. The molecule has 4 nitrogen and oxygen atoms in total. The third-order valence-corrected chi connectivity index (χ3v) is 3.66. The quantitative estimate of drug-likeness (QED) is 0.800. The number of amides is 1. The number of ketones is 1. The normalized spacial score (nSPS) is 11.7. The second kappa shape index (κ2) is 7.49. The van der Waals surface area contributed by atoms with Crippen molar-refractivity contribution in [3.63, 3.8) is 0 Å². The topological polar surface area (TPSA) is 55.4 Å². The van der Waals surface area contributed by atoms with Crippen molar-refractivity contribution in [2.75, 3.05) is 5.32 Å². The molecular formula is C17H15Cl2NO3. The van der Waals surface area contributed by atoms with Crippen LogP contribution in [0.1, 0.15) is 24.2 Å². The SMILES string of the molecule is CC(=O)c1cccc(O[C@@H](C)C(=O)Nc2ccc(Cl)cc2Cl)c1. The highest BCUT2D eigenvalue weighted by Crippen LogP contribution is 2.25. The van der Waals surface area contributed by atoms with Crippen molar-refractivity contribution in [1.82, 2.24) is 0 Å². The molecule has 0 saturated carbocycles. The van der Waals surface area contributed by atoms with E-state index < -0.39 is 6.10 Å². The monoisotopic (exact) mass is 351 g/mol. The molecule has 23 heavy (non-hydrogen) atoms. The van der Waals surface area contributed by atoms with Crippen LogP contribution in [-0.2, 0) is 4.79 Å². The van der Waals surface area contributed by atoms with Gasteiger partial charge in [-0.15, -0.1) is 0 Å². The third-order valence-electron chi connectivity index (χ3n) is 3.11. The molecule has 2 aromatic carbocycles. The van der Waals surface area contributed by atoms with Gasteiger partial charge in [0.05, 0.1) is 10.7 Å². The van der Waals surface area contributed by atoms with Crippen LogP contribution < -0.4 is 10.1 Å². The Bertz CT molecular complexity index is 746. The molecule has 0 aliphatic carbocycles. The van der Waals surface area contributed by atoms with Crippen LogP contribution in [0.4, 0.5) is 5.69 Å². The lowest BCUT2D eigenvalue weighted by atomic mass is 10.1. The van der Waals surface area contributed by atoms with E-state index in [1.165, 1.54) is 6.92 Å². The zero-order chi connectivity index (χ0) is 17.0. The fourth-order valence-corrected chi connectivity index (χ4v) is 2.33. The molecule has 0 aromatic heterocycles. The molecule has 0 aliphatic heterocycles. The molecule has 0 bridgehead atoms. The molecule has 2 aromatic rings. The number of Topliss-reactive ketones (excluding diaryl/α,β-unsaturated/α-hetero) is 1. The highest BCUT2D eigenvalue weighted by atomic mass is 35.5. The molecule has 0 heterocycles. The summed E-state index contributed by atoms with van der Waals surface area (Å²) in [6.07, 6.45) is -0.760. The van der Waals surface area contributed by atoms with Crippen molar-refractivity contribution in [3.05, 3.63) is 58.1 Å². The fourth-order valence-electron chi connectivity index (χ4n) is 1.87. The summed E-state index contributed by atoms with van der Waals surface area (Å²) in [5, 5.41) is 3.50. The average molecular weight is 352 g/mol. The minimum atomic E-state index is -0.760. The molecule has 6 heteroatoms. The number of hydrogen-bond donors (Lipinski definition) is 1. The summed E-state index contributed by atoms with van der Waals surface area (Å²) in [4.78, 5) is 23.5. The van der Waals surface area contributed by atoms with E-state index in [2.05, 4.69) is 5.32 Å². The maximum Gasteiger partial charge on any atom is 0.265 e. The molecule has 1 N–H and O–H groups in total. The predicted octanol–water partition coefficient (Wildman–Crippen LogP) is 4.60. The van der Waals surface area contributed by atoms with Crippen LogP contribution in [0.15, 0.2) is 42.5 Å². The smallest absolute Gasteiger partial charge is 0.265 e. The van der Waals surface area contributed by atoms with E-state index in [1.807, 2.05) is 0 Å². The number of nitrogens with one attached hydrogen (secondary N) is 1. The van der Waals surface area contributed by atoms with Crippen LogP contribution in [0.2, 0.25) is 10.0 Å². The summed E-state index contributed by atoms with van der Waals surface area (Å²) >= 11 is 11.8. The van der Waals surface area contributed by atoms with Gasteiger partial charge in [-0.1, -0.05) is 35.3 Å². The molecule has 2 rings (SSSR count). The van der Waals surface area contributed by atoms with Crippen molar-refractivity contribution in [1.29, 1.82) is 0 Å². The Kier molecular flexibility index (Phi) is 5.64. The average Bonchev–Trinajstić information content (AvgIpc) is 2.50. The Morgan fingerprint density at radius 1 is 1.13 bits per heavy atom. The molecule has 1 amide bonds. The van der Waals surface area contributed by atoms with Crippen LogP contribution in [0.5, 0.6) is 5.75 Å². The van der Waals surface area contributed by atoms with Crippen molar-refractivity contribution < 1.29 is 14.3 Å². The summed E-state index contributed by atoms with van der Waals surface area (Å²) in [6.45, 7) is 3.08. The van der Waals surface area contributed by atoms with Crippen molar-refractivity contribution in [3.8, 4) is 5.75 Å². The van der Waals surface area contributed by atoms with Crippen molar-refractivity contribution in [2.45, 2.75) is 20.0 Å². The first kappa shape index (κ1) is 17.3. The maximum atomic E-state index is 12.2. The first-order valence-electron chi connectivity index (χ1n) is 6.90. The Morgan fingerprint density at radius 3 is 2.52 bits per heavy atom. The van der Waals surface area contributed by atoms with Gasteiger partial charge >= 0.3 is 0 Å². The van der Waals surface area contributed by atoms with Gasteiger partial charge < -0.3 is 10.1 Å². The number of rotatable bonds is 5. The Labute approximate surface area is 144 Å². The van der Waals surface area contributed by atoms with Gasteiger partial charge in [0.2, 0.25) is 0 Å². The van der Waals surface area contributed by atoms with Gasteiger partial charge in [0, 0.05) is 10.6 Å². The van der Waals surface area contributed by atoms with Gasteiger partial charge in [-0.2, -0.15) is 0 Å². The van der Waals surface area contributed by atoms with E-state index in [0.717, 1.165) is 0 Å². The summed E-state index contributed by atoms with van der Waals surface area (Å²) < 4.78 is 5.57. The van der Waals surface area contributed by atoms with Crippen molar-refractivity contribution >= 4 is 40.6 Å². The first-order chi connectivity index (χ1) is 10.9. The number of carbonyl (C=O) groups is 2. The van der Waals surface area contributed by atoms with E-state index in [9.17, 15) is 9.59 Å². The number of anilines is 1. The Hall–Kier alpha value is -2.04. The third kappa shape index (κ3) is 4.71. The second-order valence-electron chi connectivity index (χ2n) is 4.96. The zero-order valence-electron chi connectivity index (χ0n) is 12.6. The summed E-state index contributed by atoms with van der Waals surface area (Å²) in [5.41, 5.74) is 0.977. The van der Waals surface area contributed by atoms with Crippen LogP contribution in [-0.4, -0.2) is 17.8 Å². The molecule has 120 valence electrons. The van der Waals surface area contributed by atoms with Crippen molar-refractivity contribution in [2.24, 2.45) is 0 Å². The summed E-state index contributed by atoms with van der Waals surface area (Å²) in [5.74, 6) is 0.0190. The molecule has 0 saturated heterocycles. The second-order valence-corrected chi connectivity index (χ2v) is 5.80. The molecule has 1 atom stereocenters.